The predicted molar refractivity (Wildman–Crippen MR) is 69.9 cm³/mol. The van der Waals surface area contributed by atoms with Gasteiger partial charge in [-0.2, -0.15) is 0 Å². The summed E-state index contributed by atoms with van der Waals surface area (Å²) in [5.41, 5.74) is 4.09. The number of aromatic nitrogens is 1. The lowest BCUT2D eigenvalue weighted by molar-refractivity contribution is 0.400. The summed E-state index contributed by atoms with van der Waals surface area (Å²) in [6.45, 7) is 3.34. The first-order chi connectivity index (χ1) is 7.68. The van der Waals surface area contributed by atoms with Crippen molar-refractivity contribution in [1.29, 1.82) is 0 Å². The van der Waals surface area contributed by atoms with Crippen LogP contribution in [0.1, 0.15) is 17.5 Å². The van der Waals surface area contributed by atoms with Gasteiger partial charge in [0.25, 0.3) is 0 Å². The Balaban J connectivity index is 2.18. The molecule has 0 unspecified atom stereocenters. The molecule has 0 fully saturated rings. The van der Waals surface area contributed by atoms with Crippen molar-refractivity contribution < 1.29 is 0 Å². The zero-order valence-electron chi connectivity index (χ0n) is 10.4. The maximum absolute atomic E-state index is 3.35. The van der Waals surface area contributed by atoms with Crippen molar-refractivity contribution in [3.05, 3.63) is 35.5 Å². The Kier molecular flexibility index (Phi) is 3.30. The second kappa shape index (κ2) is 4.71. The minimum absolute atomic E-state index is 1.15. The first kappa shape index (κ1) is 11.2. The maximum atomic E-state index is 3.35. The summed E-state index contributed by atoms with van der Waals surface area (Å²) in [4.78, 5) is 5.59. The van der Waals surface area contributed by atoms with Gasteiger partial charge < -0.3 is 9.88 Å². The number of nitrogens with one attached hydrogen (secondary N) is 1. The van der Waals surface area contributed by atoms with Crippen molar-refractivity contribution in [3.63, 3.8) is 0 Å². The van der Waals surface area contributed by atoms with Crippen molar-refractivity contribution in [3.8, 4) is 0 Å². The van der Waals surface area contributed by atoms with E-state index in [4.69, 9.17) is 0 Å². The summed E-state index contributed by atoms with van der Waals surface area (Å²) in [5, 5.41) is 1.42. The van der Waals surface area contributed by atoms with Gasteiger partial charge in [-0.3, -0.25) is 0 Å². The van der Waals surface area contributed by atoms with E-state index in [9.17, 15) is 0 Å². The highest BCUT2D eigenvalue weighted by Gasteiger charge is 2.05. The Morgan fingerprint density at radius 2 is 2.06 bits per heavy atom. The van der Waals surface area contributed by atoms with Gasteiger partial charge in [0, 0.05) is 17.1 Å². The molecule has 0 aliphatic rings. The molecule has 16 heavy (non-hydrogen) atoms. The zero-order chi connectivity index (χ0) is 11.5. The van der Waals surface area contributed by atoms with Crippen molar-refractivity contribution in [2.24, 2.45) is 0 Å². The molecule has 1 aromatic carbocycles. The Labute approximate surface area is 97.3 Å². The van der Waals surface area contributed by atoms with E-state index in [1.807, 2.05) is 0 Å². The van der Waals surface area contributed by atoms with Crippen molar-refractivity contribution in [2.75, 3.05) is 20.6 Å². The van der Waals surface area contributed by atoms with Gasteiger partial charge >= 0.3 is 0 Å². The number of aryl methyl sites for hydroxylation is 2. The molecule has 0 radical (unpaired) electrons. The van der Waals surface area contributed by atoms with E-state index >= 15 is 0 Å². The molecular weight excluding hydrogens is 196 g/mol. The molecule has 2 heteroatoms. The van der Waals surface area contributed by atoms with Gasteiger partial charge in [-0.1, -0.05) is 12.1 Å². The normalized spacial score (nSPS) is 11.5. The van der Waals surface area contributed by atoms with Crippen LogP contribution in [0.25, 0.3) is 10.9 Å². The van der Waals surface area contributed by atoms with Crippen LogP contribution in [-0.2, 0) is 6.42 Å². The Bertz CT molecular complexity index is 469. The van der Waals surface area contributed by atoms with Gasteiger partial charge in [-0.15, -0.1) is 0 Å². The number of aromatic amines is 1. The molecule has 2 rings (SSSR count). The molecule has 0 bridgehead atoms. The number of benzene rings is 1. The van der Waals surface area contributed by atoms with Crippen LogP contribution in [0, 0.1) is 6.92 Å². The third-order valence-corrected chi connectivity index (χ3v) is 3.05. The molecule has 1 aromatic heterocycles. The average molecular weight is 216 g/mol. The SMILES string of the molecule is Cc1cccc2[nH]cc(CCCN(C)C)c12. The molecule has 0 atom stereocenters. The van der Waals surface area contributed by atoms with Crippen LogP contribution in [-0.4, -0.2) is 30.5 Å². The van der Waals surface area contributed by atoms with E-state index in [1.165, 1.54) is 28.5 Å². The summed E-state index contributed by atoms with van der Waals surface area (Å²) in [6.07, 6.45) is 4.53. The van der Waals surface area contributed by atoms with Gasteiger partial charge in [0.15, 0.2) is 0 Å². The van der Waals surface area contributed by atoms with Gasteiger partial charge in [0.1, 0.15) is 0 Å². The van der Waals surface area contributed by atoms with Crippen LogP contribution in [0.2, 0.25) is 0 Å². The fourth-order valence-corrected chi connectivity index (χ4v) is 2.23. The van der Waals surface area contributed by atoms with Crippen LogP contribution in [0.15, 0.2) is 24.4 Å². The highest BCUT2D eigenvalue weighted by atomic mass is 15.0. The Hall–Kier alpha value is -1.28. The first-order valence-electron chi connectivity index (χ1n) is 5.89. The molecule has 1 N–H and O–H groups in total. The van der Waals surface area contributed by atoms with E-state index < -0.39 is 0 Å². The molecule has 0 saturated heterocycles. The fraction of sp³-hybridized carbons (Fsp3) is 0.429. The van der Waals surface area contributed by atoms with E-state index in [-0.39, 0.29) is 0 Å². The summed E-state index contributed by atoms with van der Waals surface area (Å²) < 4.78 is 0. The quantitative estimate of drug-likeness (QED) is 0.832. The maximum Gasteiger partial charge on any atom is 0.0459 e. The van der Waals surface area contributed by atoms with Crippen molar-refractivity contribution in [2.45, 2.75) is 19.8 Å². The average Bonchev–Trinajstić information content (AvgIpc) is 2.62. The largest absolute Gasteiger partial charge is 0.361 e. The second-order valence-corrected chi connectivity index (χ2v) is 4.72. The fourth-order valence-electron chi connectivity index (χ4n) is 2.23. The van der Waals surface area contributed by atoms with Crippen LogP contribution in [0.4, 0.5) is 0 Å². The molecule has 0 amide bonds. The smallest absolute Gasteiger partial charge is 0.0459 e. The highest BCUT2D eigenvalue weighted by Crippen LogP contribution is 2.22. The third-order valence-electron chi connectivity index (χ3n) is 3.05. The topological polar surface area (TPSA) is 19.0 Å². The Morgan fingerprint density at radius 3 is 2.81 bits per heavy atom. The molecule has 2 nitrogen and oxygen atoms in total. The second-order valence-electron chi connectivity index (χ2n) is 4.72. The minimum atomic E-state index is 1.15. The van der Waals surface area contributed by atoms with Crippen LogP contribution in [0.5, 0.6) is 0 Å². The van der Waals surface area contributed by atoms with E-state index in [1.54, 1.807) is 0 Å². The predicted octanol–water partition coefficient (Wildman–Crippen LogP) is 2.97. The van der Waals surface area contributed by atoms with E-state index in [0.717, 1.165) is 13.0 Å². The number of rotatable bonds is 4. The number of hydrogen-bond donors (Lipinski definition) is 1. The monoisotopic (exact) mass is 216 g/mol. The molecule has 0 aliphatic carbocycles. The zero-order valence-corrected chi connectivity index (χ0v) is 10.4. The van der Waals surface area contributed by atoms with Gasteiger partial charge in [0.05, 0.1) is 0 Å². The molecule has 0 saturated carbocycles. The van der Waals surface area contributed by atoms with Crippen LogP contribution >= 0.6 is 0 Å². The highest BCUT2D eigenvalue weighted by molar-refractivity contribution is 5.86. The Morgan fingerprint density at radius 1 is 1.25 bits per heavy atom. The van der Waals surface area contributed by atoms with Crippen molar-refractivity contribution >= 4 is 10.9 Å². The first-order valence-corrected chi connectivity index (χ1v) is 5.89. The molecule has 1 heterocycles. The molecule has 0 aliphatic heterocycles. The number of nitrogens with zero attached hydrogens (tertiary/aromatic N) is 1. The minimum Gasteiger partial charge on any atom is -0.361 e. The van der Waals surface area contributed by atoms with Gasteiger partial charge in [-0.25, -0.2) is 0 Å². The third kappa shape index (κ3) is 2.27. The van der Waals surface area contributed by atoms with Gasteiger partial charge in [-0.05, 0) is 57.6 Å². The van der Waals surface area contributed by atoms with Gasteiger partial charge in [0.2, 0.25) is 0 Å². The number of hydrogen-bond acceptors (Lipinski definition) is 1. The van der Waals surface area contributed by atoms with Crippen LogP contribution in [0.3, 0.4) is 0 Å². The standard InChI is InChI=1S/C14H20N2/c1-11-6-4-8-13-14(11)12(10-15-13)7-5-9-16(2)3/h4,6,8,10,15H,5,7,9H2,1-3H3. The van der Waals surface area contributed by atoms with E-state index in [2.05, 4.69) is 55.3 Å². The molecular formula is C14H20N2. The summed E-state index contributed by atoms with van der Waals surface area (Å²) >= 11 is 0. The lowest BCUT2D eigenvalue weighted by atomic mass is 10.0. The number of H-pyrrole nitrogens is 1. The summed E-state index contributed by atoms with van der Waals surface area (Å²) in [7, 11) is 4.25. The number of fused-ring (bicyclic) bond motifs is 1. The van der Waals surface area contributed by atoms with Crippen LogP contribution < -0.4 is 0 Å². The van der Waals surface area contributed by atoms with E-state index in [0.29, 0.717) is 0 Å². The summed E-state index contributed by atoms with van der Waals surface area (Å²) in [6, 6.07) is 6.45. The molecule has 86 valence electrons. The molecule has 2 aromatic rings. The van der Waals surface area contributed by atoms with Crippen molar-refractivity contribution in [1.82, 2.24) is 9.88 Å². The lowest BCUT2D eigenvalue weighted by Gasteiger charge is -2.08. The molecule has 0 spiro atoms. The lowest BCUT2D eigenvalue weighted by Crippen LogP contribution is -2.13. The summed E-state index contributed by atoms with van der Waals surface area (Å²) in [5.74, 6) is 0.